The summed E-state index contributed by atoms with van der Waals surface area (Å²) in [4.78, 5) is 15.1. The number of aryl methyl sites for hydroxylation is 1. The Morgan fingerprint density at radius 2 is 1.27 bits per heavy atom. The number of hydrogen-bond acceptors (Lipinski definition) is 1. The topological polar surface area (TPSA) is 20.3 Å². The van der Waals surface area contributed by atoms with Crippen LogP contribution in [-0.4, -0.2) is 23.9 Å². The van der Waals surface area contributed by atoms with Gasteiger partial charge in [0.1, 0.15) is 0 Å². The van der Waals surface area contributed by atoms with Crippen LogP contribution in [0.15, 0.2) is 24.3 Å². The Morgan fingerprint density at radius 1 is 0.769 bits per heavy atom. The van der Waals surface area contributed by atoms with Crippen molar-refractivity contribution in [2.24, 2.45) is 0 Å². The van der Waals surface area contributed by atoms with Crippen LogP contribution < -0.4 is 0 Å². The van der Waals surface area contributed by atoms with Crippen molar-refractivity contribution in [3.05, 3.63) is 35.4 Å². The van der Waals surface area contributed by atoms with Crippen LogP contribution in [0.25, 0.3) is 0 Å². The van der Waals surface area contributed by atoms with Crippen molar-refractivity contribution >= 4 is 5.91 Å². The van der Waals surface area contributed by atoms with Gasteiger partial charge in [0.2, 0.25) is 0 Å². The second kappa shape index (κ2) is 14.8. The molecule has 1 aromatic rings. The summed E-state index contributed by atoms with van der Waals surface area (Å²) in [7, 11) is 0. The smallest absolute Gasteiger partial charge is 0.253 e. The molecule has 0 N–H and O–H groups in total. The molecule has 1 amide bonds. The minimum absolute atomic E-state index is 0.218. The summed E-state index contributed by atoms with van der Waals surface area (Å²) < 4.78 is 0. The van der Waals surface area contributed by atoms with Crippen LogP contribution >= 0.6 is 0 Å². The number of carbonyl (C=O) groups is 1. The molecule has 0 saturated carbocycles. The first-order chi connectivity index (χ1) is 12.7. The molecule has 0 aliphatic rings. The van der Waals surface area contributed by atoms with Gasteiger partial charge in [-0.25, -0.2) is 0 Å². The fourth-order valence-electron chi connectivity index (χ4n) is 3.44. The second-order valence-corrected chi connectivity index (χ2v) is 7.70. The minimum atomic E-state index is 0.218. The summed E-state index contributed by atoms with van der Waals surface area (Å²) in [5, 5.41) is 0. The van der Waals surface area contributed by atoms with E-state index in [1.165, 1.54) is 64.2 Å². The van der Waals surface area contributed by atoms with Gasteiger partial charge >= 0.3 is 0 Å². The van der Waals surface area contributed by atoms with Crippen molar-refractivity contribution in [1.29, 1.82) is 0 Å². The zero-order chi connectivity index (χ0) is 19.0. The van der Waals surface area contributed by atoms with Gasteiger partial charge in [-0.15, -0.1) is 0 Å². The van der Waals surface area contributed by atoms with Crippen molar-refractivity contribution in [3.8, 4) is 0 Å². The van der Waals surface area contributed by atoms with Gasteiger partial charge in [-0.3, -0.25) is 4.79 Å². The van der Waals surface area contributed by atoms with Crippen molar-refractivity contribution in [2.75, 3.05) is 13.1 Å². The molecule has 148 valence electrons. The molecule has 0 spiro atoms. The van der Waals surface area contributed by atoms with E-state index in [0.717, 1.165) is 37.1 Å². The molecule has 0 heterocycles. The van der Waals surface area contributed by atoms with Crippen LogP contribution in [0.3, 0.4) is 0 Å². The number of rotatable bonds is 15. The van der Waals surface area contributed by atoms with Gasteiger partial charge in [-0.2, -0.15) is 0 Å². The predicted molar refractivity (Wildman–Crippen MR) is 114 cm³/mol. The van der Waals surface area contributed by atoms with E-state index in [4.69, 9.17) is 0 Å². The fraction of sp³-hybridized carbons (Fsp3) is 0.708. The lowest BCUT2D eigenvalue weighted by Gasteiger charge is -2.23. The number of amides is 1. The lowest BCUT2D eigenvalue weighted by atomic mass is 10.1. The van der Waals surface area contributed by atoms with Crippen LogP contribution in [0.5, 0.6) is 0 Å². The van der Waals surface area contributed by atoms with Crippen LogP contribution in [0.2, 0.25) is 0 Å². The molecule has 0 aromatic heterocycles. The molecule has 1 aromatic carbocycles. The van der Waals surface area contributed by atoms with E-state index in [2.05, 4.69) is 31.7 Å². The van der Waals surface area contributed by atoms with Crippen molar-refractivity contribution in [3.63, 3.8) is 0 Å². The molecule has 2 heteroatoms. The molecule has 0 atom stereocenters. The average molecular weight is 360 g/mol. The maximum Gasteiger partial charge on any atom is 0.253 e. The summed E-state index contributed by atoms with van der Waals surface area (Å²) in [5.74, 6) is 0.218. The normalized spacial score (nSPS) is 10.9. The molecule has 0 radical (unpaired) electrons. The number of benzene rings is 1. The lowest BCUT2D eigenvalue weighted by Crippen LogP contribution is -2.33. The summed E-state index contributed by atoms with van der Waals surface area (Å²) in [5.41, 5.74) is 2.01. The van der Waals surface area contributed by atoms with Gasteiger partial charge in [0.25, 0.3) is 5.91 Å². The number of nitrogens with zero attached hydrogens (tertiary/aromatic N) is 1. The van der Waals surface area contributed by atoms with Crippen LogP contribution in [-0.2, 0) is 0 Å². The molecule has 0 fully saturated rings. The maximum absolute atomic E-state index is 13.0. The predicted octanol–water partition coefficient (Wildman–Crippen LogP) is 7.16. The molecule has 1 rings (SSSR count). The Labute approximate surface area is 162 Å². The molecular weight excluding hydrogens is 318 g/mol. The van der Waals surface area contributed by atoms with E-state index in [1.54, 1.807) is 0 Å². The monoisotopic (exact) mass is 359 g/mol. The quantitative estimate of drug-likeness (QED) is 0.304. The Balaban J connectivity index is 2.47. The van der Waals surface area contributed by atoms with Crippen molar-refractivity contribution < 1.29 is 4.79 Å². The van der Waals surface area contributed by atoms with Crippen LogP contribution in [0.1, 0.15) is 107 Å². The molecule has 0 aliphatic heterocycles. The van der Waals surface area contributed by atoms with Crippen molar-refractivity contribution in [1.82, 2.24) is 4.90 Å². The molecule has 2 nitrogen and oxygen atoms in total. The van der Waals surface area contributed by atoms with Crippen molar-refractivity contribution in [2.45, 2.75) is 97.8 Å². The second-order valence-electron chi connectivity index (χ2n) is 7.70. The Hall–Kier alpha value is -1.31. The maximum atomic E-state index is 13.0. The first-order valence-corrected chi connectivity index (χ1v) is 11.0. The van der Waals surface area contributed by atoms with E-state index in [9.17, 15) is 4.79 Å². The van der Waals surface area contributed by atoms with E-state index < -0.39 is 0 Å². The van der Waals surface area contributed by atoms with Gasteiger partial charge in [0.15, 0.2) is 0 Å². The zero-order valence-electron chi connectivity index (χ0n) is 17.6. The third-order valence-corrected chi connectivity index (χ3v) is 5.12. The highest BCUT2D eigenvalue weighted by molar-refractivity contribution is 5.94. The Morgan fingerprint density at radius 3 is 1.77 bits per heavy atom. The van der Waals surface area contributed by atoms with E-state index in [1.807, 2.05) is 18.2 Å². The summed E-state index contributed by atoms with van der Waals surface area (Å²) in [6.07, 6.45) is 15.3. The fourth-order valence-corrected chi connectivity index (χ4v) is 3.44. The molecule has 26 heavy (non-hydrogen) atoms. The number of hydrogen-bond donors (Lipinski definition) is 0. The molecule has 0 unspecified atom stereocenters. The first kappa shape index (κ1) is 22.7. The number of unbranched alkanes of at least 4 members (excludes halogenated alkanes) is 10. The Kier molecular flexibility index (Phi) is 13.0. The SMILES string of the molecule is CCCCCCCCN(CCCCCCCC)C(=O)c1cccc(C)c1. The van der Waals surface area contributed by atoms with E-state index in [-0.39, 0.29) is 5.91 Å². The third kappa shape index (κ3) is 9.99. The highest BCUT2D eigenvalue weighted by Crippen LogP contribution is 2.13. The van der Waals surface area contributed by atoms with Gasteiger partial charge in [0, 0.05) is 18.7 Å². The summed E-state index contributed by atoms with van der Waals surface area (Å²) >= 11 is 0. The third-order valence-electron chi connectivity index (χ3n) is 5.12. The largest absolute Gasteiger partial charge is 0.339 e. The molecule has 0 bridgehead atoms. The molecular formula is C24H41NO. The standard InChI is InChI=1S/C24H41NO/c1-4-6-8-10-12-14-19-25(20-15-13-11-9-7-5-2)24(26)23-18-16-17-22(3)21-23/h16-18,21H,4-15,19-20H2,1-3H3. The minimum Gasteiger partial charge on any atom is -0.339 e. The average Bonchev–Trinajstić information content (AvgIpc) is 2.65. The lowest BCUT2D eigenvalue weighted by molar-refractivity contribution is 0.0749. The summed E-state index contributed by atoms with van der Waals surface area (Å²) in [6.45, 7) is 8.38. The summed E-state index contributed by atoms with van der Waals surface area (Å²) in [6, 6.07) is 8.04. The number of carbonyl (C=O) groups excluding carboxylic acids is 1. The Bertz CT molecular complexity index is 467. The van der Waals surface area contributed by atoms with Crippen LogP contribution in [0, 0.1) is 6.92 Å². The zero-order valence-corrected chi connectivity index (χ0v) is 17.6. The highest BCUT2D eigenvalue weighted by atomic mass is 16.2. The van der Waals surface area contributed by atoms with E-state index in [0.29, 0.717) is 0 Å². The van der Waals surface area contributed by atoms with Gasteiger partial charge in [-0.05, 0) is 31.9 Å². The first-order valence-electron chi connectivity index (χ1n) is 11.0. The highest BCUT2D eigenvalue weighted by Gasteiger charge is 2.15. The van der Waals surface area contributed by atoms with Crippen LogP contribution in [0.4, 0.5) is 0 Å². The molecule has 0 saturated heterocycles. The van der Waals surface area contributed by atoms with Gasteiger partial charge in [0.05, 0.1) is 0 Å². The van der Waals surface area contributed by atoms with E-state index >= 15 is 0 Å². The van der Waals surface area contributed by atoms with Gasteiger partial charge in [-0.1, -0.05) is 95.8 Å². The van der Waals surface area contributed by atoms with Gasteiger partial charge < -0.3 is 4.90 Å². The molecule has 0 aliphatic carbocycles.